The average Bonchev–Trinajstić information content (AvgIpc) is 3.24. The molecule has 4 rings (SSSR count). The number of rotatable bonds is 4. The summed E-state index contributed by atoms with van der Waals surface area (Å²) in [5.41, 5.74) is 7.89. The SMILES string of the molecule is N#Cc1ncc(N2C=C(c3ccco3)C=NC2N)cc1OC1CCCNC1. The number of allylic oxidation sites excluding steroid dienone is 1. The van der Waals surface area contributed by atoms with E-state index < -0.39 is 6.29 Å². The highest BCUT2D eigenvalue weighted by Crippen LogP contribution is 2.29. The van der Waals surface area contributed by atoms with Gasteiger partial charge in [-0.2, -0.15) is 5.26 Å². The Labute approximate surface area is 157 Å². The lowest BCUT2D eigenvalue weighted by Crippen LogP contribution is -2.39. The van der Waals surface area contributed by atoms with Crippen LogP contribution in [0.3, 0.4) is 0 Å². The number of nitrogens with two attached hydrogens (primary N) is 1. The molecule has 8 nitrogen and oxygen atoms in total. The third-order valence-electron chi connectivity index (χ3n) is 4.52. The Morgan fingerprint density at radius 1 is 1.44 bits per heavy atom. The minimum atomic E-state index is -0.595. The number of anilines is 1. The second-order valence-electron chi connectivity index (χ2n) is 6.40. The number of hydrogen-bond acceptors (Lipinski definition) is 8. The molecule has 0 radical (unpaired) electrons. The molecular formula is C19H20N6O2. The molecule has 27 heavy (non-hydrogen) atoms. The third kappa shape index (κ3) is 3.69. The lowest BCUT2D eigenvalue weighted by molar-refractivity contribution is 0.166. The monoisotopic (exact) mass is 364 g/mol. The van der Waals surface area contributed by atoms with Gasteiger partial charge in [0.25, 0.3) is 0 Å². The van der Waals surface area contributed by atoms with E-state index in [4.69, 9.17) is 14.9 Å². The molecular weight excluding hydrogens is 344 g/mol. The zero-order valence-electron chi connectivity index (χ0n) is 14.7. The number of nitrogens with one attached hydrogen (secondary N) is 1. The normalized spacial score (nSPS) is 22.2. The van der Waals surface area contributed by atoms with Crippen LogP contribution in [0.5, 0.6) is 5.75 Å². The van der Waals surface area contributed by atoms with Crippen molar-refractivity contribution in [1.82, 2.24) is 10.3 Å². The number of furan rings is 1. The van der Waals surface area contributed by atoms with Crippen LogP contribution in [0.15, 0.2) is 46.3 Å². The number of hydrogen-bond donors (Lipinski definition) is 2. The van der Waals surface area contributed by atoms with Crippen molar-refractivity contribution >= 4 is 17.5 Å². The Balaban J connectivity index is 1.63. The van der Waals surface area contributed by atoms with Crippen molar-refractivity contribution in [2.75, 3.05) is 18.0 Å². The first-order chi connectivity index (χ1) is 13.2. The Hall–Kier alpha value is -3.15. The van der Waals surface area contributed by atoms with E-state index in [0.29, 0.717) is 17.2 Å². The van der Waals surface area contributed by atoms with Crippen LogP contribution in [-0.4, -0.2) is 36.7 Å². The Morgan fingerprint density at radius 2 is 2.37 bits per heavy atom. The van der Waals surface area contributed by atoms with Crippen LogP contribution in [0.2, 0.25) is 0 Å². The number of ether oxygens (including phenoxy) is 1. The summed E-state index contributed by atoms with van der Waals surface area (Å²) < 4.78 is 11.5. The maximum atomic E-state index is 9.37. The standard InChI is InChI=1S/C19H20N6O2/c20-8-16-18(27-15-3-1-5-22-11-15)7-14(10-23-16)25-12-13(9-24-19(25)21)17-4-2-6-26-17/h2,4,6-7,9-10,12,15,19,22H,1,3,5,11,21H2. The van der Waals surface area contributed by atoms with Crippen LogP contribution < -0.4 is 20.7 Å². The van der Waals surface area contributed by atoms with Crippen LogP contribution in [0.4, 0.5) is 5.69 Å². The average molecular weight is 364 g/mol. The van der Waals surface area contributed by atoms with Crippen molar-refractivity contribution < 1.29 is 9.15 Å². The van der Waals surface area contributed by atoms with E-state index in [1.807, 2.05) is 18.3 Å². The van der Waals surface area contributed by atoms with Gasteiger partial charge in [0.1, 0.15) is 17.9 Å². The number of nitrogens with zero attached hydrogens (tertiary/aromatic N) is 4. The smallest absolute Gasteiger partial charge is 0.182 e. The quantitative estimate of drug-likeness (QED) is 0.851. The molecule has 1 fully saturated rings. The molecule has 0 amide bonds. The van der Waals surface area contributed by atoms with Crippen LogP contribution in [0, 0.1) is 11.3 Å². The van der Waals surface area contributed by atoms with Gasteiger partial charge in [-0.3, -0.25) is 10.7 Å². The minimum absolute atomic E-state index is 0.0187. The molecule has 0 aliphatic carbocycles. The molecule has 2 aromatic rings. The zero-order valence-corrected chi connectivity index (χ0v) is 14.7. The Morgan fingerprint density at radius 3 is 3.11 bits per heavy atom. The number of nitriles is 1. The molecule has 0 saturated carbocycles. The Bertz CT molecular complexity index is 893. The summed E-state index contributed by atoms with van der Waals surface area (Å²) in [4.78, 5) is 10.3. The van der Waals surface area contributed by atoms with Gasteiger partial charge in [0, 0.05) is 25.0 Å². The third-order valence-corrected chi connectivity index (χ3v) is 4.52. The fraction of sp³-hybridized carbons (Fsp3) is 0.316. The topological polar surface area (TPSA) is 113 Å². The van der Waals surface area contributed by atoms with Crippen molar-refractivity contribution in [3.63, 3.8) is 0 Å². The molecule has 0 spiro atoms. The summed E-state index contributed by atoms with van der Waals surface area (Å²) in [7, 11) is 0. The van der Waals surface area contributed by atoms with E-state index in [9.17, 15) is 5.26 Å². The molecule has 2 aliphatic heterocycles. The molecule has 4 heterocycles. The molecule has 0 aromatic carbocycles. The van der Waals surface area contributed by atoms with Crippen molar-refractivity contribution in [3.05, 3.63) is 48.3 Å². The van der Waals surface area contributed by atoms with E-state index >= 15 is 0 Å². The van der Waals surface area contributed by atoms with Crippen LogP contribution in [0.25, 0.3) is 5.57 Å². The highest BCUT2D eigenvalue weighted by atomic mass is 16.5. The first kappa shape index (κ1) is 17.3. The summed E-state index contributed by atoms with van der Waals surface area (Å²) in [6.07, 6.45) is 8.15. The lowest BCUT2D eigenvalue weighted by atomic mass is 10.1. The van der Waals surface area contributed by atoms with E-state index in [2.05, 4.69) is 21.4 Å². The molecule has 1 saturated heterocycles. The van der Waals surface area contributed by atoms with E-state index in [1.54, 1.807) is 29.6 Å². The highest BCUT2D eigenvalue weighted by Gasteiger charge is 2.22. The van der Waals surface area contributed by atoms with Crippen molar-refractivity contribution in [2.24, 2.45) is 10.7 Å². The summed E-state index contributed by atoms with van der Waals surface area (Å²) in [6.45, 7) is 1.75. The Kier molecular flexibility index (Phi) is 4.87. The summed E-state index contributed by atoms with van der Waals surface area (Å²) >= 11 is 0. The summed E-state index contributed by atoms with van der Waals surface area (Å²) in [5, 5.41) is 12.7. The largest absolute Gasteiger partial charge is 0.486 e. The van der Waals surface area contributed by atoms with Crippen molar-refractivity contribution in [1.29, 1.82) is 5.26 Å². The predicted molar refractivity (Wildman–Crippen MR) is 101 cm³/mol. The number of piperidine rings is 1. The molecule has 2 unspecified atom stereocenters. The van der Waals surface area contributed by atoms with E-state index in [-0.39, 0.29) is 11.8 Å². The molecule has 0 bridgehead atoms. The van der Waals surface area contributed by atoms with Gasteiger partial charge in [0.2, 0.25) is 0 Å². The van der Waals surface area contributed by atoms with E-state index in [0.717, 1.165) is 31.5 Å². The van der Waals surface area contributed by atoms with Crippen LogP contribution >= 0.6 is 0 Å². The fourth-order valence-electron chi connectivity index (χ4n) is 3.13. The van der Waals surface area contributed by atoms with Crippen LogP contribution in [-0.2, 0) is 0 Å². The van der Waals surface area contributed by atoms with Crippen molar-refractivity contribution in [3.8, 4) is 11.8 Å². The first-order valence-corrected chi connectivity index (χ1v) is 8.85. The molecule has 2 aliphatic rings. The van der Waals surface area contributed by atoms with Gasteiger partial charge < -0.3 is 19.4 Å². The zero-order chi connectivity index (χ0) is 18.6. The number of aromatic nitrogens is 1. The van der Waals surface area contributed by atoms with Gasteiger partial charge in [-0.15, -0.1) is 0 Å². The minimum Gasteiger partial charge on any atom is -0.486 e. The molecule has 138 valence electrons. The molecule has 2 aromatic heterocycles. The molecule has 8 heteroatoms. The van der Waals surface area contributed by atoms with Gasteiger partial charge in [0.15, 0.2) is 17.7 Å². The molecule has 3 N–H and O–H groups in total. The highest BCUT2D eigenvalue weighted by molar-refractivity contribution is 6.10. The maximum absolute atomic E-state index is 9.37. The van der Waals surface area contributed by atoms with E-state index in [1.165, 1.54) is 0 Å². The van der Waals surface area contributed by atoms with Gasteiger partial charge in [-0.1, -0.05) is 0 Å². The maximum Gasteiger partial charge on any atom is 0.182 e. The van der Waals surface area contributed by atoms with Gasteiger partial charge in [0.05, 0.1) is 23.7 Å². The van der Waals surface area contributed by atoms with Gasteiger partial charge in [-0.25, -0.2) is 4.98 Å². The number of aliphatic imine (C=N–C) groups is 1. The predicted octanol–water partition coefficient (Wildman–Crippen LogP) is 1.85. The summed E-state index contributed by atoms with van der Waals surface area (Å²) in [5.74, 6) is 1.15. The first-order valence-electron chi connectivity index (χ1n) is 8.85. The molecule has 2 atom stereocenters. The summed E-state index contributed by atoms with van der Waals surface area (Å²) in [6, 6.07) is 7.55. The number of pyridine rings is 1. The van der Waals surface area contributed by atoms with Gasteiger partial charge >= 0.3 is 0 Å². The lowest BCUT2D eigenvalue weighted by Gasteiger charge is -2.29. The second-order valence-corrected chi connectivity index (χ2v) is 6.40. The van der Waals surface area contributed by atoms with Crippen LogP contribution in [0.1, 0.15) is 24.3 Å². The van der Waals surface area contributed by atoms with Crippen molar-refractivity contribution in [2.45, 2.75) is 25.2 Å². The second kappa shape index (κ2) is 7.61. The van der Waals surface area contributed by atoms with Gasteiger partial charge in [-0.05, 0) is 31.5 Å². The fourth-order valence-corrected chi connectivity index (χ4v) is 3.13.